The molecule has 7 heteroatoms. The van der Waals surface area contributed by atoms with Crippen molar-refractivity contribution in [3.63, 3.8) is 0 Å². The highest BCUT2D eigenvalue weighted by molar-refractivity contribution is 7.89. The molecule has 0 aliphatic carbocycles. The third kappa shape index (κ3) is 5.72. The van der Waals surface area contributed by atoms with E-state index in [2.05, 4.69) is 0 Å². The van der Waals surface area contributed by atoms with Crippen LogP contribution in [0.3, 0.4) is 0 Å². The molecule has 157 valence electrons. The molecular formula is C22H28NO5S. The normalized spacial score (nSPS) is 14.9. The minimum Gasteiger partial charge on any atom is -0.486 e. The average Bonchev–Trinajstić information content (AvgIpc) is 2.72. The van der Waals surface area contributed by atoms with E-state index in [4.69, 9.17) is 9.47 Å². The maximum Gasteiger partial charge on any atom is 0.243 e. The van der Waals surface area contributed by atoms with Gasteiger partial charge in [-0.1, -0.05) is 44.2 Å². The second-order valence-electron chi connectivity index (χ2n) is 7.51. The number of aliphatic hydroxyl groups is 1. The van der Waals surface area contributed by atoms with Gasteiger partial charge in [0.25, 0.3) is 0 Å². The van der Waals surface area contributed by atoms with Gasteiger partial charge in [0.15, 0.2) is 11.5 Å². The number of hydrogen-bond donors (Lipinski definition) is 1. The monoisotopic (exact) mass is 418 g/mol. The van der Waals surface area contributed by atoms with Crippen molar-refractivity contribution in [2.75, 3.05) is 26.3 Å². The predicted octanol–water partition coefficient (Wildman–Crippen LogP) is 2.91. The van der Waals surface area contributed by atoms with Crippen LogP contribution in [0.15, 0.2) is 53.4 Å². The smallest absolute Gasteiger partial charge is 0.243 e. The number of rotatable bonds is 9. The van der Waals surface area contributed by atoms with Crippen molar-refractivity contribution >= 4 is 10.0 Å². The van der Waals surface area contributed by atoms with Crippen LogP contribution in [-0.4, -0.2) is 50.2 Å². The molecule has 0 unspecified atom stereocenters. The van der Waals surface area contributed by atoms with Crippen LogP contribution in [0.4, 0.5) is 0 Å². The fourth-order valence-electron chi connectivity index (χ4n) is 3.18. The average molecular weight is 419 g/mol. The van der Waals surface area contributed by atoms with E-state index in [1.807, 2.05) is 44.2 Å². The van der Waals surface area contributed by atoms with Gasteiger partial charge in [0.1, 0.15) is 13.2 Å². The largest absolute Gasteiger partial charge is 0.486 e. The number of nitrogens with zero attached hydrogens (tertiary/aromatic N) is 1. The van der Waals surface area contributed by atoms with Crippen molar-refractivity contribution in [3.8, 4) is 11.5 Å². The molecule has 2 aromatic rings. The minimum absolute atomic E-state index is 0.00177. The Bertz CT molecular complexity index is 899. The molecule has 1 heterocycles. The van der Waals surface area contributed by atoms with Gasteiger partial charge in [-0.3, -0.25) is 0 Å². The Morgan fingerprint density at radius 2 is 1.72 bits per heavy atom. The van der Waals surface area contributed by atoms with Gasteiger partial charge in [-0.15, -0.1) is 0 Å². The van der Waals surface area contributed by atoms with Crippen LogP contribution in [-0.2, 0) is 16.4 Å². The third-order valence-electron chi connectivity index (χ3n) is 4.58. The molecular weight excluding hydrogens is 390 g/mol. The molecule has 1 radical (unpaired) electrons. The van der Waals surface area contributed by atoms with Crippen molar-refractivity contribution in [3.05, 3.63) is 60.5 Å². The Balaban J connectivity index is 1.74. The lowest BCUT2D eigenvalue weighted by molar-refractivity contribution is 0.166. The summed E-state index contributed by atoms with van der Waals surface area (Å²) < 4.78 is 38.9. The maximum atomic E-state index is 13.3. The summed E-state index contributed by atoms with van der Waals surface area (Å²) in [6.45, 7) is 5.05. The zero-order valence-electron chi connectivity index (χ0n) is 16.8. The Morgan fingerprint density at radius 3 is 2.41 bits per heavy atom. The van der Waals surface area contributed by atoms with Crippen LogP contribution < -0.4 is 9.47 Å². The summed E-state index contributed by atoms with van der Waals surface area (Å²) in [5.74, 6) is 1.09. The lowest BCUT2D eigenvalue weighted by Crippen LogP contribution is -2.40. The molecule has 0 amide bonds. The van der Waals surface area contributed by atoms with Crippen LogP contribution in [0.5, 0.6) is 11.5 Å². The number of benzene rings is 2. The Kier molecular flexibility index (Phi) is 7.16. The SMILES string of the molecule is CC(C)CN(C[C@H](O)[CH]Cc1ccccc1)S(=O)(=O)c1ccc2c(c1)OCCO2. The van der Waals surface area contributed by atoms with Gasteiger partial charge >= 0.3 is 0 Å². The molecule has 29 heavy (non-hydrogen) atoms. The second-order valence-corrected chi connectivity index (χ2v) is 9.45. The van der Waals surface area contributed by atoms with Crippen LogP contribution in [0.2, 0.25) is 0 Å². The number of sulfonamides is 1. The molecule has 6 nitrogen and oxygen atoms in total. The molecule has 0 saturated carbocycles. The van der Waals surface area contributed by atoms with Gasteiger partial charge in [-0.2, -0.15) is 4.31 Å². The molecule has 0 saturated heterocycles. The first-order valence-electron chi connectivity index (χ1n) is 9.81. The van der Waals surface area contributed by atoms with Crippen molar-refractivity contribution in [2.24, 2.45) is 5.92 Å². The maximum absolute atomic E-state index is 13.3. The molecule has 1 aliphatic heterocycles. The molecule has 2 aromatic carbocycles. The summed E-state index contributed by atoms with van der Waals surface area (Å²) in [6.07, 6.45) is 1.43. The van der Waals surface area contributed by atoms with Crippen LogP contribution in [0, 0.1) is 12.3 Å². The van der Waals surface area contributed by atoms with E-state index < -0.39 is 16.1 Å². The summed E-state index contributed by atoms with van der Waals surface area (Å²) in [6, 6.07) is 14.4. The Morgan fingerprint density at radius 1 is 1.03 bits per heavy atom. The fourth-order valence-corrected chi connectivity index (χ4v) is 4.82. The highest BCUT2D eigenvalue weighted by Gasteiger charge is 2.29. The van der Waals surface area contributed by atoms with Crippen LogP contribution in [0.1, 0.15) is 19.4 Å². The van der Waals surface area contributed by atoms with E-state index in [0.29, 0.717) is 37.7 Å². The van der Waals surface area contributed by atoms with E-state index in [0.717, 1.165) is 5.56 Å². The number of ether oxygens (including phenoxy) is 2. The molecule has 0 bridgehead atoms. The lowest BCUT2D eigenvalue weighted by Gasteiger charge is -2.27. The fraction of sp³-hybridized carbons (Fsp3) is 0.409. The first kappa shape index (κ1) is 21.6. The van der Waals surface area contributed by atoms with Crippen molar-refractivity contribution in [2.45, 2.75) is 31.3 Å². The summed E-state index contributed by atoms with van der Waals surface area (Å²) in [7, 11) is -3.79. The standard InChI is InChI=1S/C22H28NO5S/c1-17(2)15-23(16-19(24)9-8-18-6-4-3-5-7-18)29(25,26)20-10-11-21-22(14-20)28-13-12-27-21/h3-7,9-11,14,17,19,24H,8,12-13,15-16H2,1-2H3/t19-/m1/s1. The zero-order valence-corrected chi connectivity index (χ0v) is 17.6. The van der Waals surface area contributed by atoms with E-state index in [-0.39, 0.29) is 17.4 Å². The van der Waals surface area contributed by atoms with Crippen LogP contribution >= 0.6 is 0 Å². The van der Waals surface area contributed by atoms with Crippen molar-refractivity contribution in [1.29, 1.82) is 0 Å². The topological polar surface area (TPSA) is 76.1 Å². The van der Waals surface area contributed by atoms with Crippen molar-refractivity contribution in [1.82, 2.24) is 4.31 Å². The summed E-state index contributed by atoms with van der Waals surface area (Å²) in [5, 5.41) is 10.5. The number of fused-ring (bicyclic) bond motifs is 1. The van der Waals surface area contributed by atoms with Gasteiger partial charge in [0.2, 0.25) is 10.0 Å². The number of aliphatic hydroxyl groups excluding tert-OH is 1. The lowest BCUT2D eigenvalue weighted by atomic mass is 10.1. The van der Waals surface area contributed by atoms with Gasteiger partial charge in [0, 0.05) is 19.2 Å². The summed E-state index contributed by atoms with van der Waals surface area (Å²) in [4.78, 5) is 0.137. The minimum atomic E-state index is -3.79. The Labute approximate surface area is 173 Å². The second kappa shape index (κ2) is 9.61. The summed E-state index contributed by atoms with van der Waals surface area (Å²) >= 11 is 0. The first-order chi connectivity index (χ1) is 13.9. The first-order valence-corrected chi connectivity index (χ1v) is 11.3. The van der Waals surface area contributed by atoms with E-state index >= 15 is 0 Å². The molecule has 0 aromatic heterocycles. The predicted molar refractivity (Wildman–Crippen MR) is 111 cm³/mol. The molecule has 0 spiro atoms. The molecule has 1 N–H and O–H groups in total. The van der Waals surface area contributed by atoms with Gasteiger partial charge in [-0.25, -0.2) is 8.42 Å². The van der Waals surface area contributed by atoms with E-state index in [1.165, 1.54) is 16.4 Å². The number of hydrogen-bond acceptors (Lipinski definition) is 5. The molecule has 0 fully saturated rings. The molecule has 1 atom stereocenters. The third-order valence-corrected chi connectivity index (χ3v) is 6.41. The van der Waals surface area contributed by atoms with Gasteiger partial charge in [0.05, 0.1) is 11.0 Å². The van der Waals surface area contributed by atoms with E-state index in [1.54, 1.807) is 12.5 Å². The molecule has 3 rings (SSSR count). The van der Waals surface area contributed by atoms with Gasteiger partial charge < -0.3 is 14.6 Å². The quantitative estimate of drug-likeness (QED) is 0.678. The Hall–Kier alpha value is -2.09. The van der Waals surface area contributed by atoms with E-state index in [9.17, 15) is 13.5 Å². The molecule has 1 aliphatic rings. The highest BCUT2D eigenvalue weighted by Crippen LogP contribution is 2.33. The summed E-state index contributed by atoms with van der Waals surface area (Å²) in [5.41, 5.74) is 1.07. The van der Waals surface area contributed by atoms with Crippen molar-refractivity contribution < 1.29 is 23.0 Å². The van der Waals surface area contributed by atoms with Crippen LogP contribution in [0.25, 0.3) is 0 Å². The van der Waals surface area contributed by atoms with Gasteiger partial charge in [-0.05, 0) is 36.5 Å². The highest BCUT2D eigenvalue weighted by atomic mass is 32.2. The zero-order chi connectivity index (χ0) is 20.9.